The Kier molecular flexibility index (Phi) is 5.56. The molecule has 110 valence electrons. The lowest BCUT2D eigenvalue weighted by Crippen LogP contribution is -2.38. The van der Waals surface area contributed by atoms with Crippen LogP contribution in [0.4, 0.5) is 0 Å². The molecule has 1 aromatic rings. The predicted molar refractivity (Wildman–Crippen MR) is 78.4 cm³/mol. The quantitative estimate of drug-likeness (QED) is 0.748. The summed E-state index contributed by atoms with van der Waals surface area (Å²) < 4.78 is 10.3. The predicted octanol–water partition coefficient (Wildman–Crippen LogP) is 2.24. The van der Waals surface area contributed by atoms with Gasteiger partial charge in [0.15, 0.2) is 5.78 Å². The lowest BCUT2D eigenvalue weighted by atomic mass is 9.97. The molecule has 2 rings (SSSR count). The third kappa shape index (κ3) is 4.05. The molecular weight excluding hydrogens is 254 g/mol. The van der Waals surface area contributed by atoms with Crippen LogP contribution < -0.4 is 4.74 Å². The van der Waals surface area contributed by atoms with Crippen LogP contribution in [0.15, 0.2) is 24.3 Å². The summed E-state index contributed by atoms with van der Waals surface area (Å²) in [5.74, 6) is 1.53. The van der Waals surface area contributed by atoms with Gasteiger partial charge in [-0.25, -0.2) is 0 Å². The van der Waals surface area contributed by atoms with E-state index in [0.29, 0.717) is 12.5 Å². The third-order valence-electron chi connectivity index (χ3n) is 3.87. The number of benzene rings is 1. The van der Waals surface area contributed by atoms with E-state index >= 15 is 0 Å². The van der Waals surface area contributed by atoms with E-state index in [1.165, 1.54) is 0 Å². The van der Waals surface area contributed by atoms with E-state index in [0.717, 1.165) is 43.9 Å². The number of methoxy groups -OCH3 is 2. The fourth-order valence-electron chi connectivity index (χ4n) is 2.64. The summed E-state index contributed by atoms with van der Waals surface area (Å²) in [6.07, 6.45) is 2.22. The van der Waals surface area contributed by atoms with Crippen LogP contribution in [0.3, 0.4) is 0 Å². The lowest BCUT2D eigenvalue weighted by molar-refractivity contribution is 0.0809. The number of ketones is 1. The molecule has 0 atom stereocenters. The summed E-state index contributed by atoms with van der Waals surface area (Å²) in [5, 5.41) is 0. The number of carbonyl (C=O) groups is 1. The van der Waals surface area contributed by atoms with Gasteiger partial charge >= 0.3 is 0 Å². The zero-order valence-electron chi connectivity index (χ0n) is 12.3. The highest BCUT2D eigenvalue weighted by Crippen LogP contribution is 2.18. The number of hydrogen-bond acceptors (Lipinski definition) is 4. The molecule has 1 aliphatic heterocycles. The molecule has 20 heavy (non-hydrogen) atoms. The second-order valence-electron chi connectivity index (χ2n) is 5.33. The SMILES string of the molecule is COCC1CCN(CC(=O)c2cccc(OC)c2)CC1. The van der Waals surface area contributed by atoms with E-state index in [1.807, 2.05) is 18.2 Å². The highest BCUT2D eigenvalue weighted by Gasteiger charge is 2.21. The largest absolute Gasteiger partial charge is 0.497 e. The van der Waals surface area contributed by atoms with E-state index in [-0.39, 0.29) is 5.78 Å². The van der Waals surface area contributed by atoms with Gasteiger partial charge in [0.25, 0.3) is 0 Å². The molecule has 0 N–H and O–H groups in total. The molecule has 0 aromatic heterocycles. The molecule has 0 bridgehead atoms. The van der Waals surface area contributed by atoms with Crippen molar-refractivity contribution >= 4 is 5.78 Å². The molecule has 0 radical (unpaired) electrons. The summed E-state index contributed by atoms with van der Waals surface area (Å²) in [5.41, 5.74) is 0.725. The van der Waals surface area contributed by atoms with Crippen molar-refractivity contribution in [2.75, 3.05) is 40.5 Å². The lowest BCUT2D eigenvalue weighted by Gasteiger charge is -2.31. The number of piperidine rings is 1. The average molecular weight is 277 g/mol. The zero-order valence-corrected chi connectivity index (χ0v) is 12.3. The second-order valence-corrected chi connectivity index (χ2v) is 5.33. The minimum absolute atomic E-state index is 0.161. The Balaban J connectivity index is 1.86. The Hall–Kier alpha value is -1.39. The molecule has 0 spiro atoms. The first-order valence-corrected chi connectivity index (χ1v) is 7.11. The van der Waals surface area contributed by atoms with Crippen LogP contribution in [0.1, 0.15) is 23.2 Å². The zero-order chi connectivity index (χ0) is 14.4. The molecule has 0 aliphatic carbocycles. The summed E-state index contributed by atoms with van der Waals surface area (Å²) in [6, 6.07) is 7.37. The average Bonchev–Trinajstić information content (AvgIpc) is 2.49. The normalized spacial score (nSPS) is 17.1. The highest BCUT2D eigenvalue weighted by atomic mass is 16.5. The number of ether oxygens (including phenoxy) is 2. The summed E-state index contributed by atoms with van der Waals surface area (Å²) in [7, 11) is 3.36. The van der Waals surface area contributed by atoms with Crippen LogP contribution in [0, 0.1) is 5.92 Å². The molecule has 1 heterocycles. The van der Waals surface area contributed by atoms with Crippen molar-refractivity contribution in [2.24, 2.45) is 5.92 Å². The topological polar surface area (TPSA) is 38.8 Å². The maximum absolute atomic E-state index is 12.3. The van der Waals surface area contributed by atoms with Gasteiger partial charge in [0.05, 0.1) is 13.7 Å². The number of likely N-dealkylation sites (tertiary alicyclic amines) is 1. The van der Waals surface area contributed by atoms with E-state index in [2.05, 4.69) is 4.90 Å². The molecule has 0 saturated carbocycles. The molecule has 1 aromatic carbocycles. The van der Waals surface area contributed by atoms with Gasteiger partial charge in [-0.1, -0.05) is 12.1 Å². The van der Waals surface area contributed by atoms with Crippen molar-refractivity contribution in [2.45, 2.75) is 12.8 Å². The van der Waals surface area contributed by atoms with E-state index in [9.17, 15) is 4.79 Å². The van der Waals surface area contributed by atoms with Crippen LogP contribution in [0.25, 0.3) is 0 Å². The van der Waals surface area contributed by atoms with Crippen molar-refractivity contribution in [3.63, 3.8) is 0 Å². The fourth-order valence-corrected chi connectivity index (χ4v) is 2.64. The first-order valence-electron chi connectivity index (χ1n) is 7.11. The Bertz CT molecular complexity index is 439. The molecule has 1 aliphatic rings. The standard InChI is InChI=1S/C16H23NO3/c1-19-12-13-6-8-17(9-7-13)11-16(18)14-4-3-5-15(10-14)20-2/h3-5,10,13H,6-9,11-12H2,1-2H3. The first kappa shape index (κ1) is 15.0. The van der Waals surface area contributed by atoms with Crippen LogP contribution in [0.5, 0.6) is 5.75 Å². The van der Waals surface area contributed by atoms with Gasteiger partial charge in [0.1, 0.15) is 5.75 Å². The van der Waals surface area contributed by atoms with Crippen molar-refractivity contribution in [3.8, 4) is 5.75 Å². The second kappa shape index (κ2) is 7.41. The van der Waals surface area contributed by atoms with Gasteiger partial charge in [-0.2, -0.15) is 0 Å². The van der Waals surface area contributed by atoms with Crippen molar-refractivity contribution < 1.29 is 14.3 Å². The van der Waals surface area contributed by atoms with Crippen molar-refractivity contribution in [1.82, 2.24) is 4.90 Å². The molecule has 1 fully saturated rings. The Morgan fingerprint density at radius 1 is 1.30 bits per heavy atom. The van der Waals surface area contributed by atoms with Gasteiger partial charge in [0, 0.05) is 19.3 Å². The Morgan fingerprint density at radius 2 is 2.05 bits per heavy atom. The number of carbonyl (C=O) groups excluding carboxylic acids is 1. The van der Waals surface area contributed by atoms with Gasteiger partial charge in [-0.15, -0.1) is 0 Å². The molecule has 4 heteroatoms. The first-order chi connectivity index (χ1) is 9.72. The third-order valence-corrected chi connectivity index (χ3v) is 3.87. The van der Waals surface area contributed by atoms with Crippen LogP contribution >= 0.6 is 0 Å². The number of Topliss-reactive ketones (excluding diaryl/α,β-unsaturated/α-hetero) is 1. The monoisotopic (exact) mass is 277 g/mol. The van der Waals surface area contributed by atoms with Crippen LogP contribution in [-0.2, 0) is 4.74 Å². The van der Waals surface area contributed by atoms with Gasteiger partial charge in [0.2, 0.25) is 0 Å². The van der Waals surface area contributed by atoms with Gasteiger partial charge in [-0.3, -0.25) is 9.69 Å². The number of rotatable bonds is 6. The number of nitrogens with zero attached hydrogens (tertiary/aromatic N) is 1. The van der Waals surface area contributed by atoms with E-state index < -0.39 is 0 Å². The Labute approximate surface area is 120 Å². The minimum Gasteiger partial charge on any atom is -0.497 e. The molecule has 1 saturated heterocycles. The molecular formula is C16H23NO3. The number of hydrogen-bond donors (Lipinski definition) is 0. The maximum atomic E-state index is 12.3. The van der Waals surface area contributed by atoms with Gasteiger partial charge in [-0.05, 0) is 44.0 Å². The Morgan fingerprint density at radius 3 is 2.70 bits per heavy atom. The molecule has 0 amide bonds. The summed E-state index contributed by atoms with van der Waals surface area (Å²) >= 11 is 0. The van der Waals surface area contributed by atoms with Crippen molar-refractivity contribution in [1.29, 1.82) is 0 Å². The van der Waals surface area contributed by atoms with E-state index in [1.54, 1.807) is 20.3 Å². The minimum atomic E-state index is 0.161. The van der Waals surface area contributed by atoms with Crippen LogP contribution in [-0.4, -0.2) is 51.1 Å². The van der Waals surface area contributed by atoms with Gasteiger partial charge < -0.3 is 9.47 Å². The summed E-state index contributed by atoms with van der Waals surface area (Å²) in [4.78, 5) is 14.5. The van der Waals surface area contributed by atoms with Crippen molar-refractivity contribution in [3.05, 3.63) is 29.8 Å². The van der Waals surface area contributed by atoms with E-state index in [4.69, 9.17) is 9.47 Å². The molecule has 4 nitrogen and oxygen atoms in total. The fraction of sp³-hybridized carbons (Fsp3) is 0.562. The smallest absolute Gasteiger partial charge is 0.176 e. The highest BCUT2D eigenvalue weighted by molar-refractivity contribution is 5.97. The maximum Gasteiger partial charge on any atom is 0.176 e. The summed E-state index contributed by atoms with van der Waals surface area (Å²) in [6.45, 7) is 3.28. The van der Waals surface area contributed by atoms with Crippen LogP contribution in [0.2, 0.25) is 0 Å². The molecule has 0 unspecified atom stereocenters.